The molecule has 7 heteroatoms. The van der Waals surface area contributed by atoms with Crippen molar-refractivity contribution in [3.63, 3.8) is 0 Å². The second-order valence-corrected chi connectivity index (χ2v) is 9.37. The molecule has 1 saturated carbocycles. The number of ketones is 1. The summed E-state index contributed by atoms with van der Waals surface area (Å²) in [6.45, 7) is 4.40. The van der Waals surface area contributed by atoms with E-state index in [0.717, 1.165) is 23.3 Å². The van der Waals surface area contributed by atoms with E-state index in [1.165, 1.54) is 7.11 Å². The maximum atomic E-state index is 13.7. The van der Waals surface area contributed by atoms with Gasteiger partial charge in [0.05, 0.1) is 32.3 Å². The molecule has 0 saturated heterocycles. The summed E-state index contributed by atoms with van der Waals surface area (Å²) in [6, 6.07) is 13.2. The largest absolute Gasteiger partial charge is 0.493 e. The molecule has 2 aliphatic rings. The fourth-order valence-electron chi connectivity index (χ4n) is 5.09. The van der Waals surface area contributed by atoms with Crippen molar-refractivity contribution in [2.75, 3.05) is 20.8 Å². The van der Waals surface area contributed by atoms with Crippen LogP contribution < -0.4 is 9.47 Å². The number of fused-ring (bicyclic) bond motifs is 1. The fraction of sp³-hybridized carbons (Fsp3) is 0.393. The minimum Gasteiger partial charge on any atom is -0.493 e. The van der Waals surface area contributed by atoms with Crippen molar-refractivity contribution in [3.05, 3.63) is 69.9 Å². The van der Waals surface area contributed by atoms with Gasteiger partial charge in [0.15, 0.2) is 11.5 Å². The molecule has 0 aromatic heterocycles. The van der Waals surface area contributed by atoms with Gasteiger partial charge in [-0.15, -0.1) is 0 Å². The topological polar surface area (TPSA) is 74.2 Å². The second-order valence-electron chi connectivity index (χ2n) is 8.93. The Morgan fingerprint density at radius 2 is 1.74 bits per heavy atom. The molecule has 1 fully saturated rings. The van der Waals surface area contributed by atoms with E-state index >= 15 is 0 Å². The molecule has 35 heavy (non-hydrogen) atoms. The van der Waals surface area contributed by atoms with Gasteiger partial charge in [0, 0.05) is 28.8 Å². The monoisotopic (exact) mass is 495 g/mol. The highest BCUT2D eigenvalue weighted by atomic mass is 35.5. The van der Waals surface area contributed by atoms with Gasteiger partial charge in [-0.25, -0.2) is 4.79 Å². The molecule has 4 rings (SSSR count). The highest BCUT2D eigenvalue weighted by Gasteiger charge is 2.46. The average Bonchev–Trinajstić information content (AvgIpc) is 2.86. The Morgan fingerprint density at radius 3 is 2.40 bits per heavy atom. The fourth-order valence-corrected chi connectivity index (χ4v) is 5.22. The first-order chi connectivity index (χ1) is 16.9. The molecule has 1 unspecified atom stereocenters. The van der Waals surface area contributed by atoms with Crippen LogP contribution >= 0.6 is 11.6 Å². The zero-order valence-corrected chi connectivity index (χ0v) is 21.2. The standard InChI is InChI=1S/C28H30ClNO5/c1-5-12-35-23-11-8-18(15-24(23)33-3)26-25(28(32)34-4)16(2)30-21-13-19(14-22(31)27(21)26)17-6-9-20(29)10-7-17/h6-11,15,19,26-27H,5,12-14H2,1-4H3/t19-,26-,27?/m1/s1. The molecule has 2 aromatic carbocycles. The zero-order chi connectivity index (χ0) is 25.1. The number of nitrogens with zero attached hydrogens (tertiary/aromatic N) is 1. The lowest BCUT2D eigenvalue weighted by Crippen LogP contribution is -2.41. The number of aliphatic imine (C=N–C) groups is 1. The van der Waals surface area contributed by atoms with Crippen LogP contribution in [-0.4, -0.2) is 38.3 Å². The Hall–Kier alpha value is -3.12. The third kappa shape index (κ3) is 4.98. The maximum Gasteiger partial charge on any atom is 0.336 e. The Morgan fingerprint density at radius 1 is 1.03 bits per heavy atom. The molecule has 0 N–H and O–H groups in total. The van der Waals surface area contributed by atoms with Crippen LogP contribution in [0, 0.1) is 5.92 Å². The van der Waals surface area contributed by atoms with E-state index in [4.69, 9.17) is 30.8 Å². The van der Waals surface area contributed by atoms with Crippen LogP contribution in [0.15, 0.2) is 58.7 Å². The number of benzene rings is 2. The number of halogens is 1. The summed E-state index contributed by atoms with van der Waals surface area (Å²) in [7, 11) is 2.93. The van der Waals surface area contributed by atoms with Crippen LogP contribution in [0.4, 0.5) is 0 Å². The van der Waals surface area contributed by atoms with Crippen molar-refractivity contribution in [3.8, 4) is 11.5 Å². The molecular weight excluding hydrogens is 466 g/mol. The van der Waals surface area contributed by atoms with E-state index in [1.54, 1.807) is 14.0 Å². The maximum absolute atomic E-state index is 13.7. The quantitative estimate of drug-likeness (QED) is 0.448. The first-order valence-corrected chi connectivity index (χ1v) is 12.2. The first-order valence-electron chi connectivity index (χ1n) is 11.8. The summed E-state index contributed by atoms with van der Waals surface area (Å²) in [5, 5.41) is 0.658. The van der Waals surface area contributed by atoms with Gasteiger partial charge in [-0.2, -0.15) is 0 Å². The van der Waals surface area contributed by atoms with Crippen molar-refractivity contribution < 1.29 is 23.8 Å². The minimum absolute atomic E-state index is 0.0160. The normalized spacial score (nSPS) is 21.8. The Kier molecular flexibility index (Phi) is 7.60. The van der Waals surface area contributed by atoms with Crippen molar-refractivity contribution in [1.29, 1.82) is 0 Å². The molecule has 184 valence electrons. The summed E-state index contributed by atoms with van der Waals surface area (Å²) in [4.78, 5) is 31.3. The number of methoxy groups -OCH3 is 2. The highest BCUT2D eigenvalue weighted by molar-refractivity contribution is 6.30. The zero-order valence-electron chi connectivity index (χ0n) is 20.5. The number of hydrogen-bond acceptors (Lipinski definition) is 6. The number of hydrogen-bond donors (Lipinski definition) is 0. The molecule has 3 atom stereocenters. The third-order valence-electron chi connectivity index (χ3n) is 6.71. The number of rotatable bonds is 7. The number of carbonyl (C=O) groups excluding carboxylic acids is 2. The summed E-state index contributed by atoms with van der Waals surface area (Å²) < 4.78 is 16.5. The molecule has 1 aliphatic heterocycles. The van der Waals surface area contributed by atoms with E-state index < -0.39 is 17.8 Å². The average molecular weight is 496 g/mol. The molecule has 0 amide bonds. The van der Waals surface area contributed by atoms with Crippen LogP contribution in [0.3, 0.4) is 0 Å². The second kappa shape index (κ2) is 10.6. The molecule has 0 radical (unpaired) electrons. The van der Waals surface area contributed by atoms with Crippen LogP contribution in [0.2, 0.25) is 5.02 Å². The molecule has 6 nitrogen and oxygen atoms in total. The van der Waals surface area contributed by atoms with Crippen molar-refractivity contribution in [1.82, 2.24) is 0 Å². The SMILES string of the molecule is CCCOc1ccc([C@@H]2C(C(=O)OC)=C(C)N=C3C[C@@H](c4ccc(Cl)cc4)CC(=O)C32)cc1OC. The van der Waals surface area contributed by atoms with Gasteiger partial charge in [-0.05, 0) is 61.1 Å². The number of ether oxygens (including phenoxy) is 3. The molecule has 1 aliphatic carbocycles. The van der Waals surface area contributed by atoms with Gasteiger partial charge in [-0.1, -0.05) is 36.7 Å². The van der Waals surface area contributed by atoms with Gasteiger partial charge in [0.25, 0.3) is 0 Å². The van der Waals surface area contributed by atoms with E-state index in [2.05, 4.69) is 0 Å². The van der Waals surface area contributed by atoms with Crippen LogP contribution in [-0.2, 0) is 14.3 Å². The van der Waals surface area contributed by atoms with E-state index in [1.807, 2.05) is 49.4 Å². The van der Waals surface area contributed by atoms with Gasteiger partial charge in [0.2, 0.25) is 0 Å². The first kappa shape index (κ1) is 25.0. The lowest BCUT2D eigenvalue weighted by Gasteiger charge is -2.38. The molecule has 2 aromatic rings. The predicted octanol–water partition coefficient (Wildman–Crippen LogP) is 5.89. The summed E-state index contributed by atoms with van der Waals surface area (Å²) in [5.74, 6) is -0.272. The lowest BCUT2D eigenvalue weighted by molar-refractivity contribution is -0.136. The Bertz CT molecular complexity index is 1180. The summed E-state index contributed by atoms with van der Waals surface area (Å²) >= 11 is 6.06. The lowest BCUT2D eigenvalue weighted by atomic mass is 9.66. The smallest absolute Gasteiger partial charge is 0.336 e. The van der Waals surface area contributed by atoms with Crippen LogP contribution in [0.25, 0.3) is 0 Å². The van der Waals surface area contributed by atoms with Crippen molar-refractivity contribution >= 4 is 29.1 Å². The van der Waals surface area contributed by atoms with E-state index in [0.29, 0.717) is 47.2 Å². The van der Waals surface area contributed by atoms with Gasteiger partial charge in [-0.3, -0.25) is 9.79 Å². The summed E-state index contributed by atoms with van der Waals surface area (Å²) in [6.07, 6.45) is 1.87. The predicted molar refractivity (Wildman–Crippen MR) is 136 cm³/mol. The molecule has 0 bridgehead atoms. The number of allylic oxidation sites excluding steroid dienone is 1. The Balaban J connectivity index is 1.77. The number of carbonyl (C=O) groups is 2. The van der Waals surface area contributed by atoms with Crippen molar-refractivity contribution in [2.45, 2.75) is 44.9 Å². The highest BCUT2D eigenvalue weighted by Crippen LogP contribution is 2.47. The van der Waals surface area contributed by atoms with Crippen molar-refractivity contribution in [2.24, 2.45) is 10.9 Å². The minimum atomic E-state index is -0.538. The molecular formula is C28H30ClNO5. The molecule has 1 heterocycles. The van der Waals surface area contributed by atoms with Gasteiger partial charge in [0.1, 0.15) is 5.78 Å². The van der Waals surface area contributed by atoms with E-state index in [-0.39, 0.29) is 11.7 Å². The van der Waals surface area contributed by atoms with Gasteiger partial charge < -0.3 is 14.2 Å². The summed E-state index contributed by atoms with van der Waals surface area (Å²) in [5.41, 5.74) is 3.62. The third-order valence-corrected chi connectivity index (χ3v) is 6.96. The Labute approximate surface area is 210 Å². The molecule has 0 spiro atoms. The number of Topliss-reactive ketones (excluding diaryl/α,β-unsaturated/α-hetero) is 1. The van der Waals surface area contributed by atoms with E-state index in [9.17, 15) is 9.59 Å². The number of esters is 1. The van der Waals surface area contributed by atoms with Crippen LogP contribution in [0.1, 0.15) is 56.1 Å². The van der Waals surface area contributed by atoms with Gasteiger partial charge >= 0.3 is 5.97 Å². The van der Waals surface area contributed by atoms with Crippen LogP contribution in [0.5, 0.6) is 11.5 Å².